The van der Waals surface area contributed by atoms with Gasteiger partial charge < -0.3 is 10.6 Å². The largest absolute Gasteiger partial charge is 0.362 e. The molecule has 0 bridgehead atoms. The first-order valence-corrected chi connectivity index (χ1v) is 8.92. The van der Waals surface area contributed by atoms with Gasteiger partial charge in [0.05, 0.1) is 5.02 Å². The van der Waals surface area contributed by atoms with Crippen molar-refractivity contribution in [2.45, 2.75) is 58.3 Å². The first-order valence-electron chi connectivity index (χ1n) is 8.13. The Hall–Kier alpha value is -0.870. The maximum absolute atomic E-state index is 13.0. The molecule has 1 aromatic rings. The third-order valence-electron chi connectivity index (χ3n) is 3.49. The van der Waals surface area contributed by atoms with Gasteiger partial charge in [0.25, 0.3) is 0 Å². The Labute approximate surface area is 143 Å². The van der Waals surface area contributed by atoms with Crippen LogP contribution in [0.5, 0.6) is 0 Å². The average Bonchev–Trinajstić information content (AvgIpc) is 2.49. The first kappa shape index (κ1) is 19.2. The number of hydrogen-bond acceptors (Lipinski definition) is 1. The lowest BCUT2D eigenvalue weighted by molar-refractivity contribution is 0.573. The number of halogens is 2. The topological polar surface area (TPSA) is 24.1 Å². The molecule has 2 nitrogen and oxygen atoms in total. The lowest BCUT2D eigenvalue weighted by atomic mass is 10.1. The summed E-state index contributed by atoms with van der Waals surface area (Å²) >= 11 is 10.9. The Morgan fingerprint density at radius 3 is 2.36 bits per heavy atom. The number of hydrogen-bond donors (Lipinski definition) is 2. The molecule has 0 aliphatic carbocycles. The van der Waals surface area contributed by atoms with E-state index in [4.69, 9.17) is 23.8 Å². The van der Waals surface area contributed by atoms with Crippen LogP contribution in [-0.4, -0.2) is 11.7 Å². The van der Waals surface area contributed by atoms with E-state index in [1.807, 2.05) is 0 Å². The van der Waals surface area contributed by atoms with Crippen LogP contribution in [0.15, 0.2) is 18.2 Å². The van der Waals surface area contributed by atoms with E-state index in [1.54, 1.807) is 6.07 Å². The first-order chi connectivity index (χ1) is 10.6. The van der Waals surface area contributed by atoms with Crippen molar-refractivity contribution >= 4 is 34.6 Å². The molecule has 0 unspecified atom stereocenters. The fraction of sp³-hybridized carbons (Fsp3) is 0.588. The Morgan fingerprint density at radius 1 is 1.09 bits per heavy atom. The van der Waals surface area contributed by atoms with E-state index >= 15 is 0 Å². The summed E-state index contributed by atoms with van der Waals surface area (Å²) in [5.74, 6) is -0.426. The van der Waals surface area contributed by atoms with Crippen LogP contribution in [0, 0.1) is 5.82 Å². The van der Waals surface area contributed by atoms with Crippen molar-refractivity contribution in [3.63, 3.8) is 0 Å². The summed E-state index contributed by atoms with van der Waals surface area (Å²) in [6.45, 7) is 3.10. The summed E-state index contributed by atoms with van der Waals surface area (Å²) < 4.78 is 13.0. The Bertz CT molecular complexity index is 454. The molecule has 1 aromatic carbocycles. The highest BCUT2D eigenvalue weighted by Gasteiger charge is 2.02. The van der Waals surface area contributed by atoms with Gasteiger partial charge in [0.15, 0.2) is 5.11 Å². The monoisotopic (exact) mass is 344 g/mol. The number of rotatable bonds is 10. The van der Waals surface area contributed by atoms with Gasteiger partial charge in [-0.15, -0.1) is 0 Å². The van der Waals surface area contributed by atoms with Crippen molar-refractivity contribution in [1.82, 2.24) is 5.32 Å². The second-order valence-electron chi connectivity index (χ2n) is 5.48. The van der Waals surface area contributed by atoms with Gasteiger partial charge in [-0.25, -0.2) is 4.39 Å². The Balaban J connectivity index is 2.05. The Morgan fingerprint density at radius 2 is 1.73 bits per heavy atom. The molecule has 2 N–H and O–H groups in total. The predicted molar refractivity (Wildman–Crippen MR) is 98.2 cm³/mol. The molecule has 0 saturated carbocycles. The molecule has 0 spiro atoms. The van der Waals surface area contributed by atoms with Gasteiger partial charge in [-0.2, -0.15) is 0 Å². The second kappa shape index (κ2) is 11.7. The molecule has 0 radical (unpaired) electrons. The SMILES string of the molecule is CCCCCCCCCCNC(=S)Nc1ccc(F)c(Cl)c1. The number of anilines is 1. The van der Waals surface area contributed by atoms with E-state index in [1.165, 1.54) is 57.1 Å². The van der Waals surface area contributed by atoms with Crippen LogP contribution < -0.4 is 10.6 Å². The highest BCUT2D eigenvalue weighted by molar-refractivity contribution is 7.80. The third-order valence-corrected chi connectivity index (χ3v) is 4.03. The van der Waals surface area contributed by atoms with Gasteiger partial charge >= 0.3 is 0 Å². The van der Waals surface area contributed by atoms with Crippen LogP contribution in [0.1, 0.15) is 58.3 Å². The predicted octanol–water partition coefficient (Wildman–Crippen LogP) is 5.91. The standard InChI is InChI=1S/C17H26ClFN2S/c1-2-3-4-5-6-7-8-9-12-20-17(22)21-14-10-11-16(19)15(18)13-14/h10-11,13H,2-9,12H2,1H3,(H2,20,21,22). The molecule has 0 fully saturated rings. The molecular formula is C17H26ClFN2S. The van der Waals surface area contributed by atoms with E-state index in [0.717, 1.165) is 13.0 Å². The number of unbranched alkanes of at least 4 members (excludes halogenated alkanes) is 7. The molecule has 0 aliphatic rings. The molecule has 0 heterocycles. The van der Waals surface area contributed by atoms with Crippen LogP contribution in [0.3, 0.4) is 0 Å². The molecule has 5 heteroatoms. The van der Waals surface area contributed by atoms with Crippen LogP contribution in [0.4, 0.5) is 10.1 Å². The molecular weight excluding hydrogens is 319 g/mol. The molecule has 0 saturated heterocycles. The van der Waals surface area contributed by atoms with Gasteiger partial charge in [0.1, 0.15) is 5.82 Å². The van der Waals surface area contributed by atoms with Crippen molar-refractivity contribution in [2.24, 2.45) is 0 Å². The average molecular weight is 345 g/mol. The van der Waals surface area contributed by atoms with Crippen LogP contribution in [0.25, 0.3) is 0 Å². The minimum Gasteiger partial charge on any atom is -0.362 e. The lowest BCUT2D eigenvalue weighted by Crippen LogP contribution is -2.29. The summed E-state index contributed by atoms with van der Waals surface area (Å²) in [5.41, 5.74) is 0.694. The van der Waals surface area contributed by atoms with Crippen molar-refractivity contribution in [2.75, 3.05) is 11.9 Å². The van der Waals surface area contributed by atoms with Crippen LogP contribution in [0.2, 0.25) is 5.02 Å². The molecule has 0 aliphatic heterocycles. The quantitative estimate of drug-likeness (QED) is 0.407. The van der Waals surface area contributed by atoms with Gasteiger partial charge in [0, 0.05) is 12.2 Å². The van der Waals surface area contributed by atoms with Gasteiger partial charge in [-0.1, -0.05) is 63.5 Å². The number of benzene rings is 1. The normalized spacial score (nSPS) is 10.5. The minimum absolute atomic E-state index is 0.0934. The summed E-state index contributed by atoms with van der Waals surface area (Å²) in [4.78, 5) is 0. The molecule has 0 aromatic heterocycles. The van der Waals surface area contributed by atoms with Gasteiger partial charge in [-0.05, 0) is 36.8 Å². The van der Waals surface area contributed by atoms with Gasteiger partial charge in [0.2, 0.25) is 0 Å². The van der Waals surface area contributed by atoms with E-state index in [-0.39, 0.29) is 5.02 Å². The van der Waals surface area contributed by atoms with E-state index in [2.05, 4.69) is 17.6 Å². The summed E-state index contributed by atoms with van der Waals surface area (Å²) in [6, 6.07) is 4.47. The second-order valence-corrected chi connectivity index (χ2v) is 6.30. The Kier molecular flexibility index (Phi) is 10.2. The molecule has 124 valence electrons. The lowest BCUT2D eigenvalue weighted by Gasteiger charge is -2.10. The zero-order valence-corrected chi connectivity index (χ0v) is 14.8. The minimum atomic E-state index is -0.426. The van der Waals surface area contributed by atoms with Crippen molar-refractivity contribution in [3.05, 3.63) is 29.0 Å². The van der Waals surface area contributed by atoms with Crippen molar-refractivity contribution < 1.29 is 4.39 Å². The molecule has 0 amide bonds. The van der Waals surface area contributed by atoms with Crippen molar-refractivity contribution in [3.8, 4) is 0 Å². The number of thiocarbonyl (C=S) groups is 1. The summed E-state index contributed by atoms with van der Waals surface area (Å²) in [5, 5.41) is 6.80. The van der Waals surface area contributed by atoms with Gasteiger partial charge in [-0.3, -0.25) is 0 Å². The zero-order valence-electron chi connectivity index (χ0n) is 13.3. The molecule has 0 atom stereocenters. The van der Waals surface area contributed by atoms with Crippen LogP contribution >= 0.6 is 23.8 Å². The fourth-order valence-corrected chi connectivity index (χ4v) is 2.61. The highest BCUT2D eigenvalue weighted by atomic mass is 35.5. The summed E-state index contributed by atoms with van der Waals surface area (Å²) in [7, 11) is 0. The molecule has 22 heavy (non-hydrogen) atoms. The van der Waals surface area contributed by atoms with E-state index in [0.29, 0.717) is 10.8 Å². The third kappa shape index (κ3) is 8.54. The number of nitrogens with one attached hydrogen (secondary N) is 2. The van der Waals surface area contributed by atoms with E-state index in [9.17, 15) is 4.39 Å². The maximum atomic E-state index is 13.0. The smallest absolute Gasteiger partial charge is 0.170 e. The van der Waals surface area contributed by atoms with E-state index < -0.39 is 5.82 Å². The maximum Gasteiger partial charge on any atom is 0.170 e. The zero-order chi connectivity index (χ0) is 16.2. The summed E-state index contributed by atoms with van der Waals surface area (Å²) in [6.07, 6.45) is 10.3. The molecule has 1 rings (SSSR count). The fourth-order valence-electron chi connectivity index (χ4n) is 2.21. The van der Waals surface area contributed by atoms with Crippen LogP contribution in [-0.2, 0) is 0 Å². The highest BCUT2D eigenvalue weighted by Crippen LogP contribution is 2.19. The van der Waals surface area contributed by atoms with Crippen molar-refractivity contribution in [1.29, 1.82) is 0 Å².